The number of benzene rings is 1. The standard InChI is InChI=1S/C16H21NO2/c18-16(19)11-12-5-7-14(8-6-12)17-10-9-13-3-1-2-4-15(13)17/h1-4,12,14H,5-11H2,(H,18,19). The topological polar surface area (TPSA) is 40.5 Å². The minimum atomic E-state index is -0.644. The number of hydrogen-bond acceptors (Lipinski definition) is 2. The van der Waals surface area contributed by atoms with Crippen LogP contribution in [0.3, 0.4) is 0 Å². The van der Waals surface area contributed by atoms with E-state index in [9.17, 15) is 4.79 Å². The molecule has 1 fully saturated rings. The number of carboxylic acids is 1. The summed E-state index contributed by atoms with van der Waals surface area (Å²) in [5.41, 5.74) is 2.87. The van der Waals surface area contributed by atoms with Gasteiger partial charge < -0.3 is 10.0 Å². The van der Waals surface area contributed by atoms with Crippen LogP contribution in [-0.2, 0) is 11.2 Å². The summed E-state index contributed by atoms with van der Waals surface area (Å²) >= 11 is 0. The molecule has 1 aromatic carbocycles. The Morgan fingerprint density at radius 3 is 2.68 bits per heavy atom. The van der Waals surface area contributed by atoms with Gasteiger partial charge in [0.15, 0.2) is 0 Å². The predicted octanol–water partition coefficient (Wildman–Crippen LogP) is 3.08. The van der Waals surface area contributed by atoms with Gasteiger partial charge in [0, 0.05) is 24.7 Å². The smallest absolute Gasteiger partial charge is 0.303 e. The molecule has 0 bridgehead atoms. The van der Waals surface area contributed by atoms with Crippen LogP contribution in [0.4, 0.5) is 5.69 Å². The van der Waals surface area contributed by atoms with Crippen LogP contribution >= 0.6 is 0 Å². The summed E-state index contributed by atoms with van der Waals surface area (Å²) in [7, 11) is 0. The summed E-state index contributed by atoms with van der Waals surface area (Å²) in [6.07, 6.45) is 5.93. The number of aliphatic carboxylic acids is 1. The van der Waals surface area contributed by atoms with Crippen LogP contribution in [0, 0.1) is 5.92 Å². The highest BCUT2D eigenvalue weighted by atomic mass is 16.4. The van der Waals surface area contributed by atoms with Gasteiger partial charge in [0.25, 0.3) is 0 Å². The summed E-state index contributed by atoms with van der Waals surface area (Å²) < 4.78 is 0. The maximum Gasteiger partial charge on any atom is 0.303 e. The number of para-hydroxylation sites is 1. The lowest BCUT2D eigenvalue weighted by molar-refractivity contribution is -0.138. The first-order valence-electron chi connectivity index (χ1n) is 7.30. The molecule has 1 saturated carbocycles. The average molecular weight is 259 g/mol. The van der Waals surface area contributed by atoms with Gasteiger partial charge in [-0.2, -0.15) is 0 Å². The second-order valence-corrected chi connectivity index (χ2v) is 5.84. The molecule has 0 amide bonds. The van der Waals surface area contributed by atoms with Gasteiger partial charge in [-0.15, -0.1) is 0 Å². The Balaban J connectivity index is 1.62. The lowest BCUT2D eigenvalue weighted by atomic mass is 9.83. The van der Waals surface area contributed by atoms with Crippen LogP contribution in [0.5, 0.6) is 0 Å². The van der Waals surface area contributed by atoms with Crippen LogP contribution < -0.4 is 4.90 Å². The highest BCUT2D eigenvalue weighted by molar-refractivity contribution is 5.67. The molecule has 19 heavy (non-hydrogen) atoms. The van der Waals surface area contributed by atoms with Crippen molar-refractivity contribution in [2.45, 2.75) is 44.6 Å². The van der Waals surface area contributed by atoms with Crippen molar-refractivity contribution in [3.05, 3.63) is 29.8 Å². The maximum atomic E-state index is 10.8. The molecule has 3 heteroatoms. The van der Waals surface area contributed by atoms with Crippen molar-refractivity contribution >= 4 is 11.7 Å². The Labute approximate surface area is 114 Å². The second kappa shape index (κ2) is 5.24. The van der Waals surface area contributed by atoms with Crippen molar-refractivity contribution in [2.24, 2.45) is 5.92 Å². The second-order valence-electron chi connectivity index (χ2n) is 5.84. The zero-order valence-electron chi connectivity index (χ0n) is 11.2. The summed E-state index contributed by atoms with van der Waals surface area (Å²) in [5.74, 6) is -0.249. The Bertz CT molecular complexity index is 464. The average Bonchev–Trinajstić information content (AvgIpc) is 2.83. The van der Waals surface area contributed by atoms with Gasteiger partial charge in [-0.25, -0.2) is 0 Å². The highest BCUT2D eigenvalue weighted by Crippen LogP contribution is 2.36. The molecule has 3 nitrogen and oxygen atoms in total. The van der Waals surface area contributed by atoms with E-state index in [4.69, 9.17) is 5.11 Å². The fourth-order valence-electron chi connectivity index (χ4n) is 3.65. The molecular formula is C16H21NO2. The van der Waals surface area contributed by atoms with Gasteiger partial charge in [0.1, 0.15) is 0 Å². The molecule has 1 aliphatic heterocycles. The van der Waals surface area contributed by atoms with Crippen molar-refractivity contribution in [1.82, 2.24) is 0 Å². The molecule has 0 aromatic heterocycles. The number of anilines is 1. The molecule has 0 saturated heterocycles. The first-order valence-corrected chi connectivity index (χ1v) is 7.30. The van der Waals surface area contributed by atoms with Gasteiger partial charge in [0.2, 0.25) is 0 Å². The minimum Gasteiger partial charge on any atom is -0.481 e. The van der Waals surface area contributed by atoms with E-state index < -0.39 is 5.97 Å². The molecule has 0 radical (unpaired) electrons. The van der Waals surface area contributed by atoms with E-state index in [2.05, 4.69) is 29.2 Å². The van der Waals surface area contributed by atoms with Gasteiger partial charge in [-0.05, 0) is 49.7 Å². The van der Waals surface area contributed by atoms with E-state index in [1.165, 1.54) is 11.3 Å². The van der Waals surface area contributed by atoms with Crippen molar-refractivity contribution in [3.8, 4) is 0 Å². The molecule has 102 valence electrons. The molecule has 0 spiro atoms. The SMILES string of the molecule is O=C(O)CC1CCC(N2CCc3ccccc32)CC1. The van der Waals surface area contributed by atoms with Gasteiger partial charge >= 0.3 is 5.97 Å². The molecule has 0 unspecified atom stereocenters. The molecule has 3 rings (SSSR count). The third-order valence-corrected chi connectivity index (χ3v) is 4.64. The molecule has 2 aliphatic rings. The van der Waals surface area contributed by atoms with E-state index in [0.717, 1.165) is 38.6 Å². The number of carboxylic acid groups (broad SMARTS) is 1. The molecule has 1 aromatic rings. The normalized spacial score (nSPS) is 26.2. The Morgan fingerprint density at radius 2 is 1.95 bits per heavy atom. The van der Waals surface area contributed by atoms with Crippen LogP contribution in [0.2, 0.25) is 0 Å². The lowest BCUT2D eigenvalue weighted by Gasteiger charge is -2.36. The number of nitrogens with zero attached hydrogens (tertiary/aromatic N) is 1. The number of fused-ring (bicyclic) bond motifs is 1. The summed E-state index contributed by atoms with van der Waals surface area (Å²) in [6.45, 7) is 1.13. The number of rotatable bonds is 3. The zero-order valence-corrected chi connectivity index (χ0v) is 11.2. The van der Waals surface area contributed by atoms with E-state index >= 15 is 0 Å². The first-order chi connectivity index (χ1) is 9.24. The van der Waals surface area contributed by atoms with Gasteiger partial charge in [-0.3, -0.25) is 4.79 Å². The summed E-state index contributed by atoms with van der Waals surface area (Å²) in [6, 6.07) is 9.31. The van der Waals surface area contributed by atoms with Crippen molar-refractivity contribution in [2.75, 3.05) is 11.4 Å². The third kappa shape index (κ3) is 2.60. The van der Waals surface area contributed by atoms with Crippen LogP contribution in [0.1, 0.15) is 37.7 Å². The Morgan fingerprint density at radius 1 is 1.21 bits per heavy atom. The van der Waals surface area contributed by atoms with E-state index in [0.29, 0.717) is 18.4 Å². The molecule has 1 heterocycles. The Hall–Kier alpha value is -1.51. The molecule has 1 aliphatic carbocycles. The van der Waals surface area contributed by atoms with E-state index in [-0.39, 0.29) is 0 Å². The fraction of sp³-hybridized carbons (Fsp3) is 0.562. The molecule has 1 N–H and O–H groups in total. The summed E-state index contributed by atoms with van der Waals surface area (Å²) in [5, 5.41) is 8.86. The fourth-order valence-corrected chi connectivity index (χ4v) is 3.65. The van der Waals surface area contributed by atoms with Crippen molar-refractivity contribution in [3.63, 3.8) is 0 Å². The Kier molecular flexibility index (Phi) is 3.45. The first kappa shape index (κ1) is 12.5. The van der Waals surface area contributed by atoms with Gasteiger partial charge in [-0.1, -0.05) is 18.2 Å². The number of hydrogen-bond donors (Lipinski definition) is 1. The van der Waals surface area contributed by atoms with Crippen LogP contribution in [-0.4, -0.2) is 23.7 Å². The van der Waals surface area contributed by atoms with Gasteiger partial charge in [0.05, 0.1) is 0 Å². The quantitative estimate of drug-likeness (QED) is 0.907. The van der Waals surface area contributed by atoms with Crippen LogP contribution in [0.15, 0.2) is 24.3 Å². The molecular weight excluding hydrogens is 238 g/mol. The predicted molar refractivity (Wildman–Crippen MR) is 75.5 cm³/mol. The van der Waals surface area contributed by atoms with E-state index in [1.807, 2.05) is 0 Å². The minimum absolute atomic E-state index is 0.351. The summed E-state index contributed by atoms with van der Waals surface area (Å²) in [4.78, 5) is 13.3. The number of carbonyl (C=O) groups is 1. The van der Waals surface area contributed by atoms with Crippen LogP contribution in [0.25, 0.3) is 0 Å². The third-order valence-electron chi connectivity index (χ3n) is 4.64. The van der Waals surface area contributed by atoms with Crippen molar-refractivity contribution in [1.29, 1.82) is 0 Å². The van der Waals surface area contributed by atoms with Crippen molar-refractivity contribution < 1.29 is 9.90 Å². The zero-order chi connectivity index (χ0) is 13.2. The highest BCUT2D eigenvalue weighted by Gasteiger charge is 2.30. The monoisotopic (exact) mass is 259 g/mol. The molecule has 0 atom stereocenters. The maximum absolute atomic E-state index is 10.8. The van der Waals surface area contributed by atoms with E-state index in [1.54, 1.807) is 0 Å². The largest absolute Gasteiger partial charge is 0.481 e. The lowest BCUT2D eigenvalue weighted by Crippen LogP contribution is -2.37.